The minimum atomic E-state index is -0.292. The molecule has 1 amide bonds. The summed E-state index contributed by atoms with van der Waals surface area (Å²) in [5.74, 6) is 1.00. The fourth-order valence-corrected chi connectivity index (χ4v) is 2.59. The monoisotopic (exact) mass is 355 g/mol. The number of rotatable bonds is 6. The largest absolute Gasteiger partial charge is 0.484 e. The fourth-order valence-electron chi connectivity index (χ4n) is 2.59. The summed E-state index contributed by atoms with van der Waals surface area (Å²) in [5.41, 5.74) is 1.15. The molecule has 2 heterocycles. The molecule has 136 valence electrons. The van der Waals surface area contributed by atoms with Gasteiger partial charge in [0.2, 0.25) is 0 Å². The van der Waals surface area contributed by atoms with E-state index in [-0.39, 0.29) is 18.3 Å². The van der Waals surface area contributed by atoms with Gasteiger partial charge in [-0.25, -0.2) is 4.98 Å². The van der Waals surface area contributed by atoms with E-state index in [9.17, 15) is 9.59 Å². The summed E-state index contributed by atoms with van der Waals surface area (Å²) in [6.07, 6.45) is 1.62. The summed E-state index contributed by atoms with van der Waals surface area (Å²) in [6.45, 7) is 4.36. The lowest BCUT2D eigenvalue weighted by Gasteiger charge is -2.27. The molecular weight excluding hydrogens is 334 g/mol. The van der Waals surface area contributed by atoms with E-state index < -0.39 is 0 Å². The molecule has 0 unspecified atom stereocenters. The first kappa shape index (κ1) is 17.9. The molecule has 1 aromatic carbocycles. The molecule has 0 bridgehead atoms. The zero-order valence-electron chi connectivity index (χ0n) is 14.6. The maximum Gasteiger partial charge on any atom is 0.262 e. The van der Waals surface area contributed by atoms with Crippen molar-refractivity contribution in [2.75, 3.05) is 43.1 Å². The number of aromatic nitrogens is 1. The molecule has 0 spiro atoms. The van der Waals surface area contributed by atoms with Gasteiger partial charge in [0.15, 0.2) is 12.4 Å². The highest BCUT2D eigenvalue weighted by Gasteiger charge is 2.12. The number of nitrogens with one attached hydrogen (secondary N) is 1. The Hall–Kier alpha value is -2.93. The van der Waals surface area contributed by atoms with Gasteiger partial charge in [0.05, 0.1) is 25.1 Å². The number of hydrogen-bond acceptors (Lipinski definition) is 6. The van der Waals surface area contributed by atoms with Crippen LogP contribution in [0.15, 0.2) is 42.6 Å². The predicted molar refractivity (Wildman–Crippen MR) is 97.8 cm³/mol. The SMILES string of the molecule is CC(=O)c1cccc(OCC(=O)Nc2ccc(N3CCOCC3)nc2)c1. The first-order chi connectivity index (χ1) is 12.6. The molecule has 1 aliphatic rings. The molecule has 0 aliphatic carbocycles. The van der Waals surface area contributed by atoms with Crippen LogP contribution in [-0.4, -0.2) is 49.6 Å². The van der Waals surface area contributed by atoms with E-state index >= 15 is 0 Å². The van der Waals surface area contributed by atoms with Gasteiger partial charge >= 0.3 is 0 Å². The summed E-state index contributed by atoms with van der Waals surface area (Å²) < 4.78 is 10.8. The van der Waals surface area contributed by atoms with Crippen molar-refractivity contribution in [3.8, 4) is 5.75 Å². The van der Waals surface area contributed by atoms with Crippen LogP contribution < -0.4 is 15.0 Å². The van der Waals surface area contributed by atoms with Crippen LogP contribution in [0, 0.1) is 0 Å². The molecule has 1 N–H and O–H groups in total. The molecule has 1 fully saturated rings. The maximum atomic E-state index is 12.0. The molecule has 1 aromatic heterocycles. The van der Waals surface area contributed by atoms with Crippen LogP contribution in [-0.2, 0) is 9.53 Å². The Morgan fingerprint density at radius 1 is 1.23 bits per heavy atom. The predicted octanol–water partition coefficient (Wildman–Crippen LogP) is 2.14. The standard InChI is InChI=1S/C19H21N3O4/c1-14(23)15-3-2-4-17(11-15)26-13-19(24)21-16-5-6-18(20-12-16)22-7-9-25-10-8-22/h2-6,11-12H,7-10,13H2,1H3,(H,21,24). The van der Waals surface area contributed by atoms with E-state index in [1.54, 1.807) is 30.5 Å². The van der Waals surface area contributed by atoms with Crippen LogP contribution in [0.5, 0.6) is 5.75 Å². The van der Waals surface area contributed by atoms with Gasteiger partial charge in [-0.3, -0.25) is 9.59 Å². The lowest BCUT2D eigenvalue weighted by molar-refractivity contribution is -0.118. The third kappa shape index (κ3) is 4.80. The highest BCUT2D eigenvalue weighted by molar-refractivity contribution is 5.94. The van der Waals surface area contributed by atoms with Gasteiger partial charge in [-0.15, -0.1) is 0 Å². The molecule has 7 heteroatoms. The number of pyridine rings is 1. The number of Topliss-reactive ketones (excluding diaryl/α,β-unsaturated/α-hetero) is 1. The molecule has 0 saturated carbocycles. The van der Waals surface area contributed by atoms with Gasteiger partial charge in [-0.05, 0) is 31.2 Å². The third-order valence-electron chi connectivity index (χ3n) is 3.98. The zero-order chi connectivity index (χ0) is 18.4. The number of nitrogens with zero attached hydrogens (tertiary/aromatic N) is 2. The van der Waals surface area contributed by atoms with Crippen LogP contribution in [0.25, 0.3) is 0 Å². The highest BCUT2D eigenvalue weighted by Crippen LogP contribution is 2.16. The second-order valence-corrected chi connectivity index (χ2v) is 5.93. The number of morpholine rings is 1. The fraction of sp³-hybridized carbons (Fsp3) is 0.316. The lowest BCUT2D eigenvalue weighted by Crippen LogP contribution is -2.36. The van der Waals surface area contributed by atoms with Gasteiger partial charge in [-0.2, -0.15) is 0 Å². The van der Waals surface area contributed by atoms with E-state index in [2.05, 4.69) is 15.2 Å². The molecule has 7 nitrogen and oxygen atoms in total. The number of amides is 1. The Morgan fingerprint density at radius 3 is 2.73 bits per heavy atom. The van der Waals surface area contributed by atoms with E-state index in [1.807, 2.05) is 12.1 Å². The van der Waals surface area contributed by atoms with Crippen LogP contribution in [0.2, 0.25) is 0 Å². The maximum absolute atomic E-state index is 12.0. The Labute approximate surface area is 151 Å². The average molecular weight is 355 g/mol. The van der Waals surface area contributed by atoms with Crippen molar-refractivity contribution < 1.29 is 19.1 Å². The number of ether oxygens (including phenoxy) is 2. The number of ketones is 1. The normalized spacial score (nSPS) is 14.0. The number of hydrogen-bond donors (Lipinski definition) is 1. The van der Waals surface area contributed by atoms with Crippen LogP contribution in [0.3, 0.4) is 0 Å². The molecule has 2 aromatic rings. The molecule has 1 aliphatic heterocycles. The molecule has 26 heavy (non-hydrogen) atoms. The molecular formula is C19H21N3O4. The van der Waals surface area contributed by atoms with Gasteiger partial charge in [0.25, 0.3) is 5.91 Å². The van der Waals surface area contributed by atoms with E-state index in [0.717, 1.165) is 18.9 Å². The van der Waals surface area contributed by atoms with Crippen LogP contribution in [0.4, 0.5) is 11.5 Å². The van der Waals surface area contributed by atoms with Crippen molar-refractivity contribution >= 4 is 23.2 Å². The van der Waals surface area contributed by atoms with Crippen molar-refractivity contribution in [1.29, 1.82) is 0 Å². The lowest BCUT2D eigenvalue weighted by atomic mass is 10.1. The first-order valence-corrected chi connectivity index (χ1v) is 8.44. The Morgan fingerprint density at radius 2 is 2.04 bits per heavy atom. The van der Waals surface area contributed by atoms with Crippen LogP contribution in [0.1, 0.15) is 17.3 Å². The molecule has 1 saturated heterocycles. The minimum absolute atomic E-state index is 0.0497. The second-order valence-electron chi connectivity index (χ2n) is 5.93. The van der Waals surface area contributed by atoms with Crippen molar-refractivity contribution in [3.63, 3.8) is 0 Å². The summed E-state index contributed by atoms with van der Waals surface area (Å²) in [7, 11) is 0. The van der Waals surface area contributed by atoms with Crippen molar-refractivity contribution in [3.05, 3.63) is 48.2 Å². The minimum Gasteiger partial charge on any atom is -0.484 e. The van der Waals surface area contributed by atoms with E-state index in [0.29, 0.717) is 30.2 Å². The average Bonchev–Trinajstić information content (AvgIpc) is 2.68. The number of carbonyl (C=O) groups excluding carboxylic acids is 2. The van der Waals surface area contributed by atoms with Gasteiger partial charge < -0.3 is 19.7 Å². The van der Waals surface area contributed by atoms with Gasteiger partial charge in [-0.1, -0.05) is 12.1 Å². The van der Waals surface area contributed by atoms with Gasteiger partial charge in [0, 0.05) is 18.7 Å². The Kier molecular flexibility index (Phi) is 5.80. The summed E-state index contributed by atoms with van der Waals surface area (Å²) in [4.78, 5) is 29.9. The topological polar surface area (TPSA) is 80.8 Å². The first-order valence-electron chi connectivity index (χ1n) is 8.44. The van der Waals surface area contributed by atoms with Gasteiger partial charge in [0.1, 0.15) is 11.6 Å². The summed E-state index contributed by atoms with van der Waals surface area (Å²) in [5, 5.41) is 2.74. The van der Waals surface area contributed by atoms with Crippen molar-refractivity contribution in [2.45, 2.75) is 6.92 Å². The number of carbonyl (C=O) groups is 2. The van der Waals surface area contributed by atoms with Crippen molar-refractivity contribution in [2.24, 2.45) is 0 Å². The molecule has 0 atom stereocenters. The second kappa shape index (κ2) is 8.44. The number of anilines is 2. The zero-order valence-corrected chi connectivity index (χ0v) is 14.6. The summed E-state index contributed by atoms with van der Waals surface area (Å²) in [6, 6.07) is 10.4. The van der Waals surface area contributed by atoms with Crippen molar-refractivity contribution in [1.82, 2.24) is 4.98 Å². The molecule has 0 radical (unpaired) electrons. The number of benzene rings is 1. The smallest absolute Gasteiger partial charge is 0.262 e. The van der Waals surface area contributed by atoms with Crippen LogP contribution >= 0.6 is 0 Å². The highest BCUT2D eigenvalue weighted by atomic mass is 16.5. The summed E-state index contributed by atoms with van der Waals surface area (Å²) >= 11 is 0. The quantitative estimate of drug-likeness (QED) is 0.800. The van der Waals surface area contributed by atoms with E-state index in [1.165, 1.54) is 6.92 Å². The third-order valence-corrected chi connectivity index (χ3v) is 3.98. The van der Waals surface area contributed by atoms with E-state index in [4.69, 9.17) is 9.47 Å². The molecule has 3 rings (SSSR count). The Balaban J connectivity index is 1.51. The Bertz CT molecular complexity index is 771.